The van der Waals surface area contributed by atoms with E-state index in [1.165, 1.54) is 18.2 Å². The predicted octanol–water partition coefficient (Wildman–Crippen LogP) is 2.72. The SMILES string of the molecule is O=C(CC(O)c1cccc(F)c1)Nc1ccccc1N1CCOCC1. The van der Waals surface area contributed by atoms with Crippen LogP contribution in [0.1, 0.15) is 18.1 Å². The van der Waals surface area contributed by atoms with Crippen LogP contribution < -0.4 is 10.2 Å². The Morgan fingerprint density at radius 3 is 2.72 bits per heavy atom. The lowest BCUT2D eigenvalue weighted by Crippen LogP contribution is -2.36. The topological polar surface area (TPSA) is 61.8 Å². The van der Waals surface area contributed by atoms with Gasteiger partial charge in [0.25, 0.3) is 0 Å². The highest BCUT2D eigenvalue weighted by Gasteiger charge is 2.18. The Bertz CT molecular complexity index is 732. The van der Waals surface area contributed by atoms with Crippen LogP contribution >= 0.6 is 0 Å². The highest BCUT2D eigenvalue weighted by Crippen LogP contribution is 2.27. The normalized spacial score (nSPS) is 15.7. The first-order chi connectivity index (χ1) is 12.1. The molecule has 0 aliphatic carbocycles. The van der Waals surface area contributed by atoms with E-state index in [9.17, 15) is 14.3 Å². The highest BCUT2D eigenvalue weighted by molar-refractivity contribution is 5.94. The first-order valence-corrected chi connectivity index (χ1v) is 8.28. The number of amides is 1. The number of carbonyl (C=O) groups is 1. The Kier molecular flexibility index (Phi) is 5.63. The molecule has 1 unspecified atom stereocenters. The van der Waals surface area contributed by atoms with Crippen LogP contribution in [0.25, 0.3) is 0 Å². The summed E-state index contributed by atoms with van der Waals surface area (Å²) in [6, 6.07) is 13.2. The lowest BCUT2D eigenvalue weighted by Gasteiger charge is -2.30. The molecule has 2 N–H and O–H groups in total. The van der Waals surface area contributed by atoms with E-state index in [1.807, 2.05) is 24.3 Å². The molecule has 1 heterocycles. The van der Waals surface area contributed by atoms with Crippen LogP contribution in [0.15, 0.2) is 48.5 Å². The minimum atomic E-state index is -1.05. The van der Waals surface area contributed by atoms with Gasteiger partial charge in [-0.05, 0) is 29.8 Å². The number of nitrogens with one attached hydrogen (secondary N) is 1. The third-order valence-corrected chi connectivity index (χ3v) is 4.14. The second-order valence-corrected chi connectivity index (χ2v) is 5.94. The van der Waals surface area contributed by atoms with Gasteiger partial charge in [-0.25, -0.2) is 4.39 Å². The minimum Gasteiger partial charge on any atom is -0.388 e. The van der Waals surface area contributed by atoms with Crippen molar-refractivity contribution in [3.05, 3.63) is 59.9 Å². The van der Waals surface area contributed by atoms with E-state index < -0.39 is 11.9 Å². The zero-order valence-electron chi connectivity index (χ0n) is 13.8. The van der Waals surface area contributed by atoms with Gasteiger partial charge in [0.1, 0.15) is 5.82 Å². The molecule has 1 atom stereocenters. The number of hydrogen-bond donors (Lipinski definition) is 2. The number of morpholine rings is 1. The van der Waals surface area contributed by atoms with E-state index in [4.69, 9.17) is 4.74 Å². The molecule has 0 saturated carbocycles. The van der Waals surface area contributed by atoms with Crippen LogP contribution in [0.2, 0.25) is 0 Å². The Morgan fingerprint density at radius 2 is 1.96 bits per heavy atom. The lowest BCUT2D eigenvalue weighted by atomic mass is 10.1. The van der Waals surface area contributed by atoms with Gasteiger partial charge in [0.15, 0.2) is 0 Å². The van der Waals surface area contributed by atoms with Crippen molar-refractivity contribution >= 4 is 17.3 Å². The van der Waals surface area contributed by atoms with Gasteiger partial charge in [-0.3, -0.25) is 4.79 Å². The average molecular weight is 344 g/mol. The van der Waals surface area contributed by atoms with E-state index >= 15 is 0 Å². The van der Waals surface area contributed by atoms with Gasteiger partial charge >= 0.3 is 0 Å². The van der Waals surface area contributed by atoms with Crippen molar-refractivity contribution in [3.63, 3.8) is 0 Å². The van der Waals surface area contributed by atoms with Crippen molar-refractivity contribution in [1.29, 1.82) is 0 Å². The van der Waals surface area contributed by atoms with Crippen molar-refractivity contribution < 1.29 is 19.0 Å². The van der Waals surface area contributed by atoms with E-state index in [2.05, 4.69) is 10.2 Å². The molecule has 3 rings (SSSR count). The van der Waals surface area contributed by atoms with Crippen molar-refractivity contribution in [2.75, 3.05) is 36.5 Å². The van der Waals surface area contributed by atoms with Crippen LogP contribution in [0.5, 0.6) is 0 Å². The van der Waals surface area contributed by atoms with Crippen LogP contribution in [0.4, 0.5) is 15.8 Å². The predicted molar refractivity (Wildman–Crippen MR) is 94.1 cm³/mol. The molecule has 1 amide bonds. The molecule has 2 aromatic carbocycles. The molecule has 1 aliphatic heterocycles. The minimum absolute atomic E-state index is 0.138. The number of halogens is 1. The summed E-state index contributed by atoms with van der Waals surface area (Å²) in [7, 11) is 0. The van der Waals surface area contributed by atoms with Crippen molar-refractivity contribution in [1.82, 2.24) is 0 Å². The number of anilines is 2. The number of rotatable bonds is 5. The average Bonchev–Trinajstić information content (AvgIpc) is 2.63. The number of para-hydroxylation sites is 2. The summed E-state index contributed by atoms with van der Waals surface area (Å²) in [5.41, 5.74) is 2.01. The molecule has 132 valence electrons. The second-order valence-electron chi connectivity index (χ2n) is 5.94. The number of benzene rings is 2. The fraction of sp³-hybridized carbons (Fsp3) is 0.316. The Balaban J connectivity index is 1.66. The van der Waals surface area contributed by atoms with Crippen LogP contribution in [0, 0.1) is 5.82 Å². The van der Waals surface area contributed by atoms with E-state index in [1.54, 1.807) is 6.07 Å². The Labute approximate surface area is 146 Å². The highest BCUT2D eigenvalue weighted by atomic mass is 19.1. The molecule has 1 saturated heterocycles. The van der Waals surface area contributed by atoms with Gasteiger partial charge in [0.05, 0.1) is 37.1 Å². The van der Waals surface area contributed by atoms with E-state index in [-0.39, 0.29) is 12.3 Å². The largest absolute Gasteiger partial charge is 0.388 e. The molecule has 6 heteroatoms. The summed E-state index contributed by atoms with van der Waals surface area (Å²) < 4.78 is 18.6. The zero-order chi connectivity index (χ0) is 17.6. The Hall–Kier alpha value is -2.44. The van der Waals surface area contributed by atoms with Gasteiger partial charge < -0.3 is 20.1 Å². The van der Waals surface area contributed by atoms with Crippen LogP contribution in [-0.2, 0) is 9.53 Å². The smallest absolute Gasteiger partial charge is 0.227 e. The fourth-order valence-corrected chi connectivity index (χ4v) is 2.87. The van der Waals surface area contributed by atoms with Gasteiger partial charge in [-0.15, -0.1) is 0 Å². The molecule has 0 aromatic heterocycles. The number of nitrogens with zero attached hydrogens (tertiary/aromatic N) is 1. The summed E-state index contributed by atoms with van der Waals surface area (Å²) >= 11 is 0. The summed E-state index contributed by atoms with van der Waals surface area (Å²) in [6.45, 7) is 2.83. The number of aliphatic hydroxyl groups excluding tert-OH is 1. The van der Waals surface area contributed by atoms with Crippen LogP contribution in [-0.4, -0.2) is 37.3 Å². The Morgan fingerprint density at radius 1 is 1.20 bits per heavy atom. The van der Waals surface area contributed by atoms with Gasteiger partial charge in [-0.1, -0.05) is 24.3 Å². The van der Waals surface area contributed by atoms with Crippen molar-refractivity contribution in [2.45, 2.75) is 12.5 Å². The summed E-state index contributed by atoms with van der Waals surface area (Å²) in [4.78, 5) is 14.5. The van der Waals surface area contributed by atoms with Crippen molar-refractivity contribution in [3.8, 4) is 0 Å². The number of ether oxygens (including phenoxy) is 1. The molecule has 1 aliphatic rings. The zero-order valence-corrected chi connectivity index (χ0v) is 13.8. The molecule has 0 spiro atoms. The molecule has 0 bridgehead atoms. The summed E-state index contributed by atoms with van der Waals surface area (Å²) in [5.74, 6) is -0.757. The maximum atomic E-state index is 13.2. The summed E-state index contributed by atoms with van der Waals surface area (Å²) in [6.07, 6.45) is -1.19. The first-order valence-electron chi connectivity index (χ1n) is 8.28. The van der Waals surface area contributed by atoms with Crippen LogP contribution in [0.3, 0.4) is 0 Å². The molecule has 0 radical (unpaired) electrons. The third kappa shape index (κ3) is 4.55. The van der Waals surface area contributed by atoms with Gasteiger partial charge in [-0.2, -0.15) is 0 Å². The van der Waals surface area contributed by atoms with Gasteiger partial charge in [0, 0.05) is 13.1 Å². The molecule has 2 aromatic rings. The number of carbonyl (C=O) groups excluding carboxylic acids is 1. The van der Waals surface area contributed by atoms with E-state index in [0.717, 1.165) is 18.8 Å². The standard InChI is InChI=1S/C19H21FN2O3/c20-15-5-3-4-14(12-15)18(23)13-19(24)21-16-6-1-2-7-17(16)22-8-10-25-11-9-22/h1-7,12,18,23H,8-11,13H2,(H,21,24). The molecular weight excluding hydrogens is 323 g/mol. The third-order valence-electron chi connectivity index (χ3n) is 4.14. The van der Waals surface area contributed by atoms with Gasteiger partial charge in [0.2, 0.25) is 5.91 Å². The molecular formula is C19H21FN2O3. The number of hydrogen-bond acceptors (Lipinski definition) is 4. The maximum absolute atomic E-state index is 13.2. The summed E-state index contributed by atoms with van der Waals surface area (Å²) in [5, 5.41) is 13.0. The van der Waals surface area contributed by atoms with E-state index in [0.29, 0.717) is 24.5 Å². The number of aliphatic hydroxyl groups is 1. The quantitative estimate of drug-likeness (QED) is 0.876. The molecule has 25 heavy (non-hydrogen) atoms. The first kappa shape index (κ1) is 17.4. The molecule has 5 nitrogen and oxygen atoms in total. The lowest BCUT2D eigenvalue weighted by molar-refractivity contribution is -0.118. The maximum Gasteiger partial charge on any atom is 0.227 e. The van der Waals surface area contributed by atoms with Crippen molar-refractivity contribution in [2.24, 2.45) is 0 Å². The monoisotopic (exact) mass is 344 g/mol. The fourth-order valence-electron chi connectivity index (χ4n) is 2.87. The molecule has 1 fully saturated rings. The second kappa shape index (κ2) is 8.09.